The lowest BCUT2D eigenvalue weighted by molar-refractivity contribution is -0.120. The Labute approximate surface area is 181 Å². The third-order valence-electron chi connectivity index (χ3n) is 5.46. The van der Waals surface area contributed by atoms with Crippen molar-refractivity contribution in [3.05, 3.63) is 71.8 Å². The Morgan fingerprint density at radius 1 is 1.13 bits per heavy atom. The average molecular weight is 420 g/mol. The molecule has 1 amide bonds. The fraction of sp³-hybridized carbons (Fsp3) is 0.292. The quantitative estimate of drug-likeness (QED) is 0.637. The van der Waals surface area contributed by atoms with Gasteiger partial charge in [0, 0.05) is 31.2 Å². The molecule has 0 bridgehead atoms. The molecule has 1 fully saturated rings. The Bertz CT molecular complexity index is 1090. The largest absolute Gasteiger partial charge is 0.436 e. The molecule has 160 valence electrons. The number of piperidine rings is 1. The molecule has 3 aromatic rings. The van der Waals surface area contributed by atoms with Gasteiger partial charge in [-0.05, 0) is 62.1 Å². The number of rotatable bonds is 5. The molecule has 0 aliphatic carbocycles. The lowest BCUT2D eigenvalue weighted by atomic mass is 9.97. The number of nitrogens with zero attached hydrogens (tertiary/aromatic N) is 3. The van der Waals surface area contributed by atoms with Crippen LogP contribution in [0.15, 0.2) is 54.9 Å². The SMILES string of the molecule is Cc1cc(NC(=O)[C@@H]2CCCN(c3nccnc3Oc3ccccc3C)C2)ccc1F. The third kappa shape index (κ3) is 4.82. The topological polar surface area (TPSA) is 67.4 Å². The molecule has 1 aliphatic heterocycles. The number of nitrogens with one attached hydrogen (secondary N) is 1. The van der Waals surface area contributed by atoms with Crippen LogP contribution in [0.4, 0.5) is 15.9 Å². The zero-order chi connectivity index (χ0) is 21.8. The lowest BCUT2D eigenvalue weighted by Crippen LogP contribution is -2.41. The number of hydrogen-bond donors (Lipinski definition) is 1. The Morgan fingerprint density at radius 2 is 1.94 bits per heavy atom. The maximum atomic E-state index is 13.5. The normalized spacial score (nSPS) is 16.1. The molecule has 1 aromatic heterocycles. The first-order valence-electron chi connectivity index (χ1n) is 10.4. The van der Waals surface area contributed by atoms with Gasteiger partial charge in [0.25, 0.3) is 5.88 Å². The molecule has 1 atom stereocenters. The lowest BCUT2D eigenvalue weighted by Gasteiger charge is -2.33. The van der Waals surface area contributed by atoms with E-state index >= 15 is 0 Å². The molecule has 0 unspecified atom stereocenters. The monoisotopic (exact) mass is 420 g/mol. The number of carbonyl (C=O) groups excluding carboxylic acids is 1. The molecule has 4 rings (SSSR count). The van der Waals surface area contributed by atoms with Crippen molar-refractivity contribution in [2.45, 2.75) is 26.7 Å². The maximum absolute atomic E-state index is 13.5. The second kappa shape index (κ2) is 9.12. The highest BCUT2D eigenvalue weighted by molar-refractivity contribution is 5.93. The second-order valence-electron chi connectivity index (χ2n) is 7.79. The Hall–Kier alpha value is -3.48. The van der Waals surface area contributed by atoms with Crippen LogP contribution < -0.4 is 15.0 Å². The summed E-state index contributed by atoms with van der Waals surface area (Å²) in [7, 11) is 0. The number of para-hydroxylation sites is 1. The van der Waals surface area contributed by atoms with Gasteiger partial charge < -0.3 is 15.0 Å². The first-order chi connectivity index (χ1) is 15.0. The van der Waals surface area contributed by atoms with Crippen LogP contribution in [-0.2, 0) is 4.79 Å². The molecule has 2 heterocycles. The number of halogens is 1. The zero-order valence-corrected chi connectivity index (χ0v) is 17.6. The van der Waals surface area contributed by atoms with Gasteiger partial charge in [0.15, 0.2) is 5.82 Å². The van der Waals surface area contributed by atoms with E-state index in [4.69, 9.17) is 4.74 Å². The zero-order valence-electron chi connectivity index (χ0n) is 17.6. The first-order valence-corrected chi connectivity index (χ1v) is 10.4. The minimum absolute atomic E-state index is 0.0824. The molecule has 0 spiro atoms. The van der Waals surface area contributed by atoms with E-state index in [1.807, 2.05) is 36.1 Å². The minimum atomic E-state index is -0.286. The Morgan fingerprint density at radius 3 is 2.74 bits per heavy atom. The smallest absolute Gasteiger partial charge is 0.263 e. The summed E-state index contributed by atoms with van der Waals surface area (Å²) < 4.78 is 19.6. The van der Waals surface area contributed by atoms with Crippen LogP contribution in [0.25, 0.3) is 0 Å². The van der Waals surface area contributed by atoms with Crippen LogP contribution in [-0.4, -0.2) is 29.0 Å². The van der Waals surface area contributed by atoms with Crippen molar-refractivity contribution in [1.29, 1.82) is 0 Å². The second-order valence-corrected chi connectivity index (χ2v) is 7.79. The van der Waals surface area contributed by atoms with Gasteiger partial charge in [-0.25, -0.2) is 14.4 Å². The van der Waals surface area contributed by atoms with E-state index in [0.29, 0.717) is 29.5 Å². The molecule has 0 radical (unpaired) electrons. The van der Waals surface area contributed by atoms with Gasteiger partial charge in [0.1, 0.15) is 11.6 Å². The van der Waals surface area contributed by atoms with Gasteiger partial charge in [-0.15, -0.1) is 0 Å². The average Bonchev–Trinajstić information content (AvgIpc) is 2.78. The molecule has 31 heavy (non-hydrogen) atoms. The van der Waals surface area contributed by atoms with Gasteiger partial charge in [-0.3, -0.25) is 4.79 Å². The van der Waals surface area contributed by atoms with E-state index in [1.54, 1.807) is 31.5 Å². The van der Waals surface area contributed by atoms with Crippen molar-refractivity contribution in [3.8, 4) is 11.6 Å². The van der Waals surface area contributed by atoms with Crippen molar-refractivity contribution < 1.29 is 13.9 Å². The van der Waals surface area contributed by atoms with E-state index < -0.39 is 0 Å². The number of hydrogen-bond acceptors (Lipinski definition) is 5. The molecule has 1 aliphatic rings. The van der Waals surface area contributed by atoms with E-state index in [2.05, 4.69) is 15.3 Å². The summed E-state index contributed by atoms with van der Waals surface area (Å²) in [5.41, 5.74) is 2.11. The predicted molar refractivity (Wildman–Crippen MR) is 118 cm³/mol. The van der Waals surface area contributed by atoms with Crippen LogP contribution >= 0.6 is 0 Å². The van der Waals surface area contributed by atoms with E-state index in [0.717, 1.165) is 30.7 Å². The molecular weight excluding hydrogens is 395 g/mol. The molecule has 1 N–H and O–H groups in total. The number of aromatic nitrogens is 2. The van der Waals surface area contributed by atoms with E-state index in [9.17, 15) is 9.18 Å². The predicted octanol–water partition coefficient (Wildman–Crippen LogP) is 4.88. The molecule has 1 saturated heterocycles. The van der Waals surface area contributed by atoms with Gasteiger partial charge in [0.2, 0.25) is 5.91 Å². The molecular formula is C24H25FN4O2. The fourth-order valence-corrected chi connectivity index (χ4v) is 3.73. The summed E-state index contributed by atoms with van der Waals surface area (Å²) in [6, 6.07) is 12.3. The standard InChI is InChI=1S/C24H25FN4O2/c1-16-6-3-4-8-21(16)31-24-22(26-11-12-27-24)29-13-5-7-18(15-29)23(30)28-19-9-10-20(25)17(2)14-19/h3-4,6,8-12,14,18H,5,7,13,15H2,1-2H3,(H,28,30)/t18-/m1/s1. The van der Waals surface area contributed by atoms with Crippen LogP contribution in [0.5, 0.6) is 11.6 Å². The highest BCUT2D eigenvalue weighted by Crippen LogP contribution is 2.32. The summed E-state index contributed by atoms with van der Waals surface area (Å²) in [6.07, 6.45) is 4.85. The van der Waals surface area contributed by atoms with Crippen LogP contribution in [0, 0.1) is 25.6 Å². The van der Waals surface area contributed by atoms with Gasteiger partial charge in [0.05, 0.1) is 5.92 Å². The van der Waals surface area contributed by atoms with Crippen molar-refractivity contribution in [2.24, 2.45) is 5.92 Å². The van der Waals surface area contributed by atoms with Crippen LogP contribution in [0.3, 0.4) is 0 Å². The number of amides is 1. The highest BCUT2D eigenvalue weighted by Gasteiger charge is 2.28. The molecule has 6 nitrogen and oxygen atoms in total. The summed E-state index contributed by atoms with van der Waals surface area (Å²) in [6.45, 7) is 4.93. The van der Waals surface area contributed by atoms with Crippen molar-refractivity contribution in [3.63, 3.8) is 0 Å². The number of aryl methyl sites for hydroxylation is 2. The van der Waals surface area contributed by atoms with Gasteiger partial charge in [-0.2, -0.15) is 0 Å². The summed E-state index contributed by atoms with van der Waals surface area (Å²) in [5, 5.41) is 2.91. The van der Waals surface area contributed by atoms with E-state index in [1.165, 1.54) is 6.07 Å². The molecule has 2 aromatic carbocycles. The summed E-state index contributed by atoms with van der Waals surface area (Å²) in [5.74, 6) is 1.19. The minimum Gasteiger partial charge on any atom is -0.436 e. The Kier molecular flexibility index (Phi) is 6.11. The summed E-state index contributed by atoms with van der Waals surface area (Å²) in [4.78, 5) is 23.8. The molecule has 7 heteroatoms. The number of ether oxygens (including phenoxy) is 1. The fourth-order valence-electron chi connectivity index (χ4n) is 3.73. The van der Waals surface area contributed by atoms with Gasteiger partial charge >= 0.3 is 0 Å². The number of anilines is 2. The summed E-state index contributed by atoms with van der Waals surface area (Å²) >= 11 is 0. The first kappa shape index (κ1) is 20.8. The number of carbonyl (C=O) groups is 1. The highest BCUT2D eigenvalue weighted by atomic mass is 19.1. The van der Waals surface area contributed by atoms with Crippen molar-refractivity contribution in [2.75, 3.05) is 23.3 Å². The Balaban J connectivity index is 1.49. The van der Waals surface area contributed by atoms with E-state index in [-0.39, 0.29) is 17.6 Å². The maximum Gasteiger partial charge on any atom is 0.263 e. The van der Waals surface area contributed by atoms with Gasteiger partial charge in [-0.1, -0.05) is 18.2 Å². The molecule has 0 saturated carbocycles. The van der Waals surface area contributed by atoms with Crippen LogP contribution in [0.1, 0.15) is 24.0 Å². The van der Waals surface area contributed by atoms with Crippen LogP contribution in [0.2, 0.25) is 0 Å². The third-order valence-corrected chi connectivity index (χ3v) is 5.46. The van der Waals surface area contributed by atoms with Crippen molar-refractivity contribution >= 4 is 17.4 Å². The van der Waals surface area contributed by atoms with Crippen molar-refractivity contribution in [1.82, 2.24) is 9.97 Å². The number of benzene rings is 2.